The smallest absolute Gasteiger partial charge is 0.0655 e. The van der Waals surface area contributed by atoms with Gasteiger partial charge in [-0.3, -0.25) is 0 Å². The minimum atomic E-state index is -0.0544. The summed E-state index contributed by atoms with van der Waals surface area (Å²) in [6.45, 7) is 6.20. The zero-order valence-electron chi connectivity index (χ0n) is 16.3. The lowest BCUT2D eigenvalue weighted by Gasteiger charge is -2.40. The first-order chi connectivity index (χ1) is 12.6. The predicted octanol–water partition coefficient (Wildman–Crippen LogP) is 5.65. The predicted molar refractivity (Wildman–Crippen MR) is 110 cm³/mol. The van der Waals surface area contributed by atoms with Gasteiger partial charge < -0.3 is 5.73 Å². The van der Waals surface area contributed by atoms with Crippen LogP contribution in [0.4, 0.5) is 0 Å². The van der Waals surface area contributed by atoms with Crippen LogP contribution in [0.3, 0.4) is 0 Å². The van der Waals surface area contributed by atoms with Gasteiger partial charge in [-0.25, -0.2) is 0 Å². The van der Waals surface area contributed by atoms with Crippen molar-refractivity contribution in [2.45, 2.75) is 76.7 Å². The molecule has 1 fully saturated rings. The van der Waals surface area contributed by atoms with E-state index in [0.717, 1.165) is 32.1 Å². The topological polar surface area (TPSA) is 49.8 Å². The first kappa shape index (κ1) is 19.2. The highest BCUT2D eigenvalue weighted by atomic mass is 14.8. The molecule has 0 aromatic heterocycles. The molecule has 0 aliphatic heterocycles. The van der Waals surface area contributed by atoms with Gasteiger partial charge in [-0.2, -0.15) is 5.26 Å². The van der Waals surface area contributed by atoms with E-state index < -0.39 is 0 Å². The molecular weight excluding hydrogens is 316 g/mol. The zero-order chi connectivity index (χ0) is 18.6. The zero-order valence-corrected chi connectivity index (χ0v) is 16.3. The van der Waals surface area contributed by atoms with Crippen LogP contribution in [0.1, 0.15) is 75.0 Å². The number of unbranched alkanes of at least 4 members (excludes halogenated alkanes) is 2. The van der Waals surface area contributed by atoms with E-state index in [-0.39, 0.29) is 11.5 Å². The van der Waals surface area contributed by atoms with Crippen molar-refractivity contribution in [1.29, 1.82) is 5.26 Å². The number of nitriles is 1. The molecule has 1 aromatic carbocycles. The van der Waals surface area contributed by atoms with Crippen LogP contribution in [0, 0.1) is 29.1 Å². The molecule has 1 aromatic rings. The maximum atomic E-state index is 9.49. The Hall–Kier alpha value is -1.59. The third-order valence-corrected chi connectivity index (χ3v) is 6.99. The SMILES string of the molecule is C=Cc1cccc2c1CC1(N)CCC(CCC(C#N)CCCCC)C1C2. The Morgan fingerprint density at radius 2 is 2.23 bits per heavy atom. The molecule has 0 radical (unpaired) electrons. The summed E-state index contributed by atoms with van der Waals surface area (Å²) in [7, 11) is 0. The third-order valence-electron chi connectivity index (χ3n) is 6.99. The molecule has 0 spiro atoms. The van der Waals surface area contributed by atoms with Crippen molar-refractivity contribution in [2.75, 3.05) is 0 Å². The van der Waals surface area contributed by atoms with E-state index in [9.17, 15) is 5.26 Å². The van der Waals surface area contributed by atoms with Gasteiger partial charge in [0.2, 0.25) is 0 Å². The molecule has 4 unspecified atom stereocenters. The van der Waals surface area contributed by atoms with Crippen molar-refractivity contribution in [3.8, 4) is 6.07 Å². The highest BCUT2D eigenvalue weighted by Gasteiger charge is 2.48. The number of nitrogens with two attached hydrogens (primary N) is 1. The van der Waals surface area contributed by atoms with Crippen LogP contribution in [0.25, 0.3) is 6.08 Å². The van der Waals surface area contributed by atoms with Gasteiger partial charge in [0.05, 0.1) is 6.07 Å². The second-order valence-electron chi connectivity index (χ2n) is 8.61. The summed E-state index contributed by atoms with van der Waals surface area (Å²) < 4.78 is 0. The van der Waals surface area contributed by atoms with Gasteiger partial charge >= 0.3 is 0 Å². The van der Waals surface area contributed by atoms with Crippen molar-refractivity contribution in [3.05, 3.63) is 41.5 Å². The molecule has 4 atom stereocenters. The van der Waals surface area contributed by atoms with Gasteiger partial charge in [0.25, 0.3) is 0 Å². The number of benzene rings is 1. The second-order valence-corrected chi connectivity index (χ2v) is 8.61. The quantitative estimate of drug-likeness (QED) is 0.616. The molecule has 0 amide bonds. The number of hydrogen-bond acceptors (Lipinski definition) is 2. The minimum absolute atomic E-state index is 0.0544. The Morgan fingerprint density at radius 3 is 2.96 bits per heavy atom. The van der Waals surface area contributed by atoms with Crippen molar-refractivity contribution in [1.82, 2.24) is 0 Å². The molecule has 1 saturated carbocycles. The average molecular weight is 351 g/mol. The van der Waals surface area contributed by atoms with Gasteiger partial charge in [0.1, 0.15) is 0 Å². The summed E-state index contributed by atoms with van der Waals surface area (Å²) in [5.74, 6) is 1.49. The number of hydrogen-bond donors (Lipinski definition) is 1. The van der Waals surface area contributed by atoms with Gasteiger partial charge in [-0.05, 0) is 73.5 Å². The largest absolute Gasteiger partial charge is 0.325 e. The summed E-state index contributed by atoms with van der Waals surface area (Å²) in [5, 5.41) is 9.49. The highest BCUT2D eigenvalue weighted by molar-refractivity contribution is 5.56. The van der Waals surface area contributed by atoms with Gasteiger partial charge in [-0.15, -0.1) is 0 Å². The van der Waals surface area contributed by atoms with Gasteiger partial charge in [0, 0.05) is 11.5 Å². The molecule has 0 saturated heterocycles. The fourth-order valence-corrected chi connectivity index (χ4v) is 5.39. The Kier molecular flexibility index (Phi) is 6.20. The van der Waals surface area contributed by atoms with Gasteiger partial charge in [0.15, 0.2) is 0 Å². The van der Waals surface area contributed by atoms with Crippen LogP contribution < -0.4 is 5.73 Å². The summed E-state index contributed by atoms with van der Waals surface area (Å²) in [5.41, 5.74) is 11.0. The molecule has 0 bridgehead atoms. The van der Waals surface area contributed by atoms with Crippen LogP contribution in [0.2, 0.25) is 0 Å². The van der Waals surface area contributed by atoms with Gasteiger partial charge in [-0.1, -0.05) is 57.0 Å². The Bertz CT molecular complexity index is 671. The molecule has 2 aliphatic carbocycles. The third kappa shape index (κ3) is 3.89. The maximum absolute atomic E-state index is 9.49. The molecule has 26 heavy (non-hydrogen) atoms. The van der Waals surface area contributed by atoms with E-state index in [1.54, 1.807) is 0 Å². The lowest BCUT2D eigenvalue weighted by molar-refractivity contribution is 0.230. The standard InChI is InChI=1S/C24H34N2/c1-3-5-6-8-18(17-25)11-12-20-13-14-24(26)16-22-19(4-2)9-7-10-21(22)15-23(20)24/h4,7,9-10,18,20,23H,2-3,5-6,8,11-16,26H2,1H3. The highest BCUT2D eigenvalue weighted by Crippen LogP contribution is 2.48. The molecular formula is C24H34N2. The monoisotopic (exact) mass is 350 g/mol. The summed E-state index contributed by atoms with van der Waals surface area (Å²) in [6, 6.07) is 9.15. The second kappa shape index (κ2) is 8.40. The summed E-state index contributed by atoms with van der Waals surface area (Å²) in [4.78, 5) is 0. The van der Waals surface area contributed by atoms with E-state index in [1.165, 1.54) is 48.8 Å². The van der Waals surface area contributed by atoms with Crippen LogP contribution in [-0.2, 0) is 12.8 Å². The van der Waals surface area contributed by atoms with Crippen LogP contribution in [0.5, 0.6) is 0 Å². The first-order valence-electron chi connectivity index (χ1n) is 10.5. The molecule has 0 heterocycles. The molecule has 3 rings (SSSR count). The van der Waals surface area contributed by atoms with E-state index in [4.69, 9.17) is 5.73 Å². The molecule has 2 aliphatic rings. The van der Waals surface area contributed by atoms with Crippen molar-refractivity contribution in [2.24, 2.45) is 23.5 Å². The van der Waals surface area contributed by atoms with Crippen molar-refractivity contribution < 1.29 is 0 Å². The maximum Gasteiger partial charge on any atom is 0.0655 e. The lowest BCUT2D eigenvalue weighted by atomic mass is 9.68. The fraction of sp³-hybridized carbons (Fsp3) is 0.625. The molecule has 2 heteroatoms. The number of fused-ring (bicyclic) bond motifs is 2. The average Bonchev–Trinajstić information content (AvgIpc) is 2.97. The molecule has 2 nitrogen and oxygen atoms in total. The normalized spacial score (nSPS) is 28.0. The lowest BCUT2D eigenvalue weighted by Crippen LogP contribution is -2.50. The first-order valence-corrected chi connectivity index (χ1v) is 10.5. The molecule has 140 valence electrons. The number of nitrogens with zero attached hydrogens (tertiary/aromatic N) is 1. The Labute approximate surface area is 159 Å². The van der Waals surface area contributed by atoms with Crippen molar-refractivity contribution in [3.63, 3.8) is 0 Å². The van der Waals surface area contributed by atoms with Crippen LogP contribution >= 0.6 is 0 Å². The van der Waals surface area contributed by atoms with Crippen molar-refractivity contribution >= 4 is 6.08 Å². The Balaban J connectivity index is 1.66. The van der Waals surface area contributed by atoms with E-state index in [1.807, 2.05) is 6.08 Å². The summed E-state index contributed by atoms with van der Waals surface area (Å²) in [6.07, 6.45) is 13.4. The van der Waals surface area contributed by atoms with Crippen LogP contribution in [0.15, 0.2) is 24.8 Å². The fourth-order valence-electron chi connectivity index (χ4n) is 5.39. The van der Waals surface area contributed by atoms with Crippen LogP contribution in [-0.4, -0.2) is 5.54 Å². The summed E-state index contributed by atoms with van der Waals surface area (Å²) >= 11 is 0. The van der Waals surface area contributed by atoms with E-state index in [0.29, 0.717) is 11.8 Å². The van der Waals surface area contributed by atoms with E-state index >= 15 is 0 Å². The Morgan fingerprint density at radius 1 is 1.38 bits per heavy atom. The van der Waals surface area contributed by atoms with E-state index in [2.05, 4.69) is 37.8 Å². The number of rotatable bonds is 8. The molecule has 2 N–H and O–H groups in total. The minimum Gasteiger partial charge on any atom is -0.325 e.